The van der Waals surface area contributed by atoms with E-state index in [1.807, 2.05) is 25.1 Å². The van der Waals surface area contributed by atoms with Crippen molar-refractivity contribution in [1.29, 1.82) is 0 Å². The van der Waals surface area contributed by atoms with Crippen molar-refractivity contribution in [3.63, 3.8) is 0 Å². The number of hydrogen-bond donors (Lipinski definition) is 1. The molecule has 1 aliphatic heterocycles. The highest BCUT2D eigenvalue weighted by Crippen LogP contribution is 2.46. The number of benzene rings is 3. The number of ketones is 1. The lowest BCUT2D eigenvalue weighted by molar-refractivity contribution is -0.132. The molecule has 1 amide bonds. The van der Waals surface area contributed by atoms with E-state index in [0.717, 1.165) is 10.3 Å². The number of aromatic nitrogens is 1. The molecule has 0 saturated carbocycles. The van der Waals surface area contributed by atoms with Crippen LogP contribution in [0.1, 0.15) is 22.7 Å². The molecule has 1 atom stereocenters. The smallest absolute Gasteiger partial charge is 0.301 e. The Balaban J connectivity index is 1.76. The summed E-state index contributed by atoms with van der Waals surface area (Å²) in [5, 5.41) is 11.5. The molecule has 0 aliphatic carbocycles. The summed E-state index contributed by atoms with van der Waals surface area (Å²) in [5.74, 6) is -2.10. The van der Waals surface area contributed by atoms with Crippen LogP contribution in [-0.2, 0) is 9.59 Å². The Morgan fingerprint density at radius 2 is 1.82 bits per heavy atom. The number of anilines is 1. The van der Waals surface area contributed by atoms with Crippen molar-refractivity contribution >= 4 is 44.1 Å². The third-order valence-electron chi connectivity index (χ3n) is 5.73. The maximum atomic E-state index is 13.5. The van der Waals surface area contributed by atoms with Crippen LogP contribution >= 0.6 is 11.3 Å². The second-order valence-corrected chi connectivity index (χ2v) is 8.89. The van der Waals surface area contributed by atoms with Crippen LogP contribution in [0.3, 0.4) is 0 Å². The van der Waals surface area contributed by atoms with Gasteiger partial charge >= 0.3 is 5.91 Å². The second kappa shape index (κ2) is 8.39. The summed E-state index contributed by atoms with van der Waals surface area (Å²) >= 11 is 1.29. The molecule has 34 heavy (non-hydrogen) atoms. The number of fused-ring (bicyclic) bond motifs is 1. The molecule has 8 heteroatoms. The predicted octanol–water partition coefficient (Wildman–Crippen LogP) is 5.38. The van der Waals surface area contributed by atoms with Crippen LogP contribution in [0.4, 0.5) is 9.52 Å². The van der Waals surface area contributed by atoms with Crippen molar-refractivity contribution in [2.75, 3.05) is 12.0 Å². The zero-order chi connectivity index (χ0) is 24.0. The lowest BCUT2D eigenvalue weighted by Gasteiger charge is -2.24. The van der Waals surface area contributed by atoms with Crippen LogP contribution in [0.25, 0.3) is 16.0 Å². The van der Waals surface area contributed by atoms with E-state index in [1.54, 1.807) is 24.3 Å². The number of rotatable bonds is 4. The van der Waals surface area contributed by atoms with Gasteiger partial charge in [-0.2, -0.15) is 0 Å². The Hall–Kier alpha value is -4.04. The molecule has 4 aromatic rings. The molecule has 170 valence electrons. The monoisotopic (exact) mass is 474 g/mol. The van der Waals surface area contributed by atoms with Crippen LogP contribution in [0.5, 0.6) is 5.75 Å². The van der Waals surface area contributed by atoms with Crippen molar-refractivity contribution in [2.24, 2.45) is 0 Å². The van der Waals surface area contributed by atoms with Crippen molar-refractivity contribution in [2.45, 2.75) is 13.0 Å². The molecule has 0 radical (unpaired) electrons. The van der Waals surface area contributed by atoms with E-state index in [-0.39, 0.29) is 11.1 Å². The molecule has 6 nitrogen and oxygen atoms in total. The number of aliphatic hydroxyl groups is 1. The topological polar surface area (TPSA) is 79.7 Å². The van der Waals surface area contributed by atoms with Crippen LogP contribution in [-0.4, -0.2) is 28.9 Å². The summed E-state index contributed by atoms with van der Waals surface area (Å²) in [6, 6.07) is 16.8. The number of carbonyl (C=O) groups excluding carboxylic acids is 2. The number of thiazole rings is 1. The van der Waals surface area contributed by atoms with Crippen LogP contribution < -0.4 is 9.64 Å². The van der Waals surface area contributed by atoms with E-state index in [4.69, 9.17) is 4.74 Å². The maximum Gasteiger partial charge on any atom is 0.301 e. The minimum atomic E-state index is -0.983. The lowest BCUT2D eigenvalue weighted by Crippen LogP contribution is -2.29. The third-order valence-corrected chi connectivity index (χ3v) is 6.75. The van der Waals surface area contributed by atoms with Crippen LogP contribution in [0.15, 0.2) is 72.3 Å². The first-order valence-corrected chi connectivity index (χ1v) is 11.3. The van der Waals surface area contributed by atoms with Crippen molar-refractivity contribution in [1.82, 2.24) is 4.98 Å². The molecular formula is C26H19FN2O4S. The minimum absolute atomic E-state index is 0.114. The number of ether oxygens (including phenoxy) is 1. The van der Waals surface area contributed by atoms with Gasteiger partial charge in [0.05, 0.1) is 22.9 Å². The molecule has 1 saturated heterocycles. The van der Waals surface area contributed by atoms with Gasteiger partial charge < -0.3 is 9.84 Å². The first-order chi connectivity index (χ1) is 16.4. The number of hydrogen-bond acceptors (Lipinski definition) is 6. The van der Waals surface area contributed by atoms with E-state index in [0.29, 0.717) is 22.0 Å². The number of aryl methyl sites for hydroxylation is 1. The number of para-hydroxylation sites is 1. The van der Waals surface area contributed by atoms with Gasteiger partial charge in [-0.15, -0.1) is 0 Å². The molecule has 0 bridgehead atoms. The Morgan fingerprint density at radius 3 is 2.56 bits per heavy atom. The normalized spacial score (nSPS) is 17.5. The highest BCUT2D eigenvalue weighted by atomic mass is 32.1. The fraction of sp³-hybridized carbons (Fsp3) is 0.115. The molecule has 1 N–H and O–H groups in total. The number of carbonyl (C=O) groups is 2. The second-order valence-electron chi connectivity index (χ2n) is 7.89. The average Bonchev–Trinajstić information content (AvgIpc) is 3.36. The molecular weight excluding hydrogens is 455 g/mol. The largest absolute Gasteiger partial charge is 0.507 e. The summed E-state index contributed by atoms with van der Waals surface area (Å²) in [5.41, 5.74) is 2.37. The van der Waals surface area contributed by atoms with E-state index in [9.17, 15) is 19.1 Å². The van der Waals surface area contributed by atoms with Gasteiger partial charge in [0, 0.05) is 11.1 Å². The summed E-state index contributed by atoms with van der Waals surface area (Å²) in [6.45, 7) is 1.96. The van der Waals surface area contributed by atoms with Gasteiger partial charge in [-0.3, -0.25) is 14.5 Å². The number of amides is 1. The Labute approximate surface area is 198 Å². The van der Waals surface area contributed by atoms with Crippen molar-refractivity contribution in [3.05, 3.63) is 94.8 Å². The van der Waals surface area contributed by atoms with E-state index >= 15 is 0 Å². The number of aliphatic hydroxyl groups excluding tert-OH is 1. The third kappa shape index (κ3) is 3.52. The number of nitrogens with zero attached hydrogens (tertiary/aromatic N) is 2. The van der Waals surface area contributed by atoms with Crippen molar-refractivity contribution < 1.29 is 23.8 Å². The number of Topliss-reactive ketones (excluding diaryl/α,β-unsaturated/α-hetero) is 1. The molecule has 0 spiro atoms. The summed E-state index contributed by atoms with van der Waals surface area (Å²) in [4.78, 5) is 32.5. The standard InChI is InChI=1S/C26H19FN2O4S/c1-14-7-12-18-20(13-14)34-26(28-18)29-22(17-5-3-4-6-19(17)33-2)21(24(31)25(29)32)23(30)15-8-10-16(27)11-9-15/h3-13,22,30H,1-2H3/t22-/m1/s1. The zero-order valence-corrected chi connectivity index (χ0v) is 19.1. The SMILES string of the molecule is COc1ccccc1[C@@H]1C(=C(O)c2ccc(F)cc2)C(=O)C(=O)N1c1nc2ccc(C)cc2s1. The number of methoxy groups -OCH3 is 1. The van der Waals surface area contributed by atoms with Gasteiger partial charge in [-0.1, -0.05) is 35.6 Å². The van der Waals surface area contributed by atoms with E-state index < -0.39 is 29.3 Å². The quantitative estimate of drug-likeness (QED) is 0.244. The van der Waals surface area contributed by atoms with Gasteiger partial charge in [0.25, 0.3) is 5.78 Å². The van der Waals surface area contributed by atoms with Crippen LogP contribution in [0.2, 0.25) is 0 Å². The number of halogens is 1. The molecule has 2 heterocycles. The summed E-state index contributed by atoms with van der Waals surface area (Å²) in [7, 11) is 1.49. The highest BCUT2D eigenvalue weighted by molar-refractivity contribution is 7.22. The highest BCUT2D eigenvalue weighted by Gasteiger charge is 2.49. The first kappa shape index (κ1) is 21.8. The van der Waals surface area contributed by atoms with Crippen molar-refractivity contribution in [3.8, 4) is 5.75 Å². The Bertz CT molecular complexity index is 1480. The van der Waals surface area contributed by atoms with E-state index in [2.05, 4.69) is 4.98 Å². The maximum absolute atomic E-state index is 13.5. The molecule has 3 aromatic carbocycles. The average molecular weight is 475 g/mol. The molecule has 5 rings (SSSR count). The Kier molecular flexibility index (Phi) is 5.37. The molecule has 1 fully saturated rings. The van der Waals surface area contributed by atoms with Gasteiger partial charge in [-0.25, -0.2) is 9.37 Å². The van der Waals surface area contributed by atoms with Gasteiger partial charge in [0.15, 0.2) is 5.13 Å². The molecule has 1 aromatic heterocycles. The van der Waals surface area contributed by atoms with Crippen LogP contribution in [0, 0.1) is 12.7 Å². The predicted molar refractivity (Wildman–Crippen MR) is 129 cm³/mol. The van der Waals surface area contributed by atoms with Gasteiger partial charge in [-0.05, 0) is 55.0 Å². The Morgan fingerprint density at radius 1 is 1.09 bits per heavy atom. The summed E-state index contributed by atoms with van der Waals surface area (Å²) < 4.78 is 19.9. The van der Waals surface area contributed by atoms with Gasteiger partial charge in [0.1, 0.15) is 23.4 Å². The fourth-order valence-corrected chi connectivity index (χ4v) is 5.19. The zero-order valence-electron chi connectivity index (χ0n) is 18.3. The van der Waals surface area contributed by atoms with Gasteiger partial charge in [0.2, 0.25) is 0 Å². The lowest BCUT2D eigenvalue weighted by atomic mass is 9.94. The molecule has 0 unspecified atom stereocenters. The van der Waals surface area contributed by atoms with E-state index in [1.165, 1.54) is 47.6 Å². The first-order valence-electron chi connectivity index (χ1n) is 10.5. The fourth-order valence-electron chi connectivity index (χ4n) is 4.10. The summed E-state index contributed by atoms with van der Waals surface area (Å²) in [6.07, 6.45) is 0. The molecule has 1 aliphatic rings. The minimum Gasteiger partial charge on any atom is -0.507 e.